The first-order chi connectivity index (χ1) is 17.7. The lowest BCUT2D eigenvalue weighted by molar-refractivity contribution is -0.117. The van der Waals surface area contributed by atoms with Crippen LogP contribution in [0.1, 0.15) is 47.5 Å². The fourth-order valence-electron chi connectivity index (χ4n) is 4.65. The third-order valence-electron chi connectivity index (χ3n) is 6.72. The predicted molar refractivity (Wildman–Crippen MR) is 147 cm³/mol. The molecule has 0 saturated heterocycles. The number of benzene rings is 3. The Hall–Kier alpha value is -4.03. The van der Waals surface area contributed by atoms with E-state index in [-0.39, 0.29) is 11.3 Å². The van der Waals surface area contributed by atoms with Crippen LogP contribution in [0.15, 0.2) is 88.5 Å². The van der Waals surface area contributed by atoms with E-state index in [1.54, 1.807) is 24.3 Å². The van der Waals surface area contributed by atoms with E-state index >= 15 is 0 Å². The van der Waals surface area contributed by atoms with Crippen molar-refractivity contribution in [2.45, 2.75) is 25.8 Å². The van der Waals surface area contributed by atoms with Crippen LogP contribution in [0.5, 0.6) is 0 Å². The van der Waals surface area contributed by atoms with Gasteiger partial charge in [0.1, 0.15) is 5.58 Å². The molecule has 7 heteroatoms. The van der Waals surface area contributed by atoms with Gasteiger partial charge >= 0.3 is 0 Å². The van der Waals surface area contributed by atoms with Crippen molar-refractivity contribution in [3.05, 3.63) is 106 Å². The first-order valence-electron chi connectivity index (χ1n) is 12.0. The van der Waals surface area contributed by atoms with Crippen molar-refractivity contribution in [3.8, 4) is 0 Å². The summed E-state index contributed by atoms with van der Waals surface area (Å²) in [5.74, 6) is -1.43. The molecule has 0 radical (unpaired) electrons. The van der Waals surface area contributed by atoms with Gasteiger partial charge in [-0.05, 0) is 65.6 Å². The number of fused-ring (bicyclic) bond motifs is 1. The number of furan rings is 1. The lowest BCUT2D eigenvalue weighted by Crippen LogP contribution is -2.31. The van der Waals surface area contributed by atoms with Gasteiger partial charge < -0.3 is 14.4 Å². The van der Waals surface area contributed by atoms with Crippen LogP contribution >= 0.6 is 11.6 Å². The van der Waals surface area contributed by atoms with E-state index in [4.69, 9.17) is 16.0 Å². The van der Waals surface area contributed by atoms with Crippen molar-refractivity contribution >= 4 is 45.6 Å². The SMILES string of the molecule is CC(C)c1ccc(C2C(C(=O)c3cc4cc(Cl)ccc4o3)=C(O)C(=O)N2c2ccc(N(C)C)cc2)cc1. The Morgan fingerprint density at radius 1 is 1.00 bits per heavy atom. The average molecular weight is 515 g/mol. The minimum absolute atomic E-state index is 0.0239. The molecule has 0 spiro atoms. The fourth-order valence-corrected chi connectivity index (χ4v) is 4.83. The van der Waals surface area contributed by atoms with Gasteiger partial charge in [-0.1, -0.05) is 49.7 Å². The molecule has 37 heavy (non-hydrogen) atoms. The van der Waals surface area contributed by atoms with Crippen LogP contribution in [0.3, 0.4) is 0 Å². The van der Waals surface area contributed by atoms with Gasteiger partial charge in [-0.3, -0.25) is 14.5 Å². The number of halogens is 1. The van der Waals surface area contributed by atoms with Crippen LogP contribution in [0, 0.1) is 0 Å². The number of hydrogen-bond donors (Lipinski definition) is 1. The van der Waals surface area contributed by atoms with Crippen molar-refractivity contribution < 1.29 is 19.1 Å². The monoisotopic (exact) mass is 514 g/mol. The zero-order valence-electron chi connectivity index (χ0n) is 21.0. The smallest absolute Gasteiger partial charge is 0.294 e. The molecule has 1 amide bonds. The van der Waals surface area contributed by atoms with Gasteiger partial charge in [0.05, 0.1) is 11.6 Å². The summed E-state index contributed by atoms with van der Waals surface area (Å²) in [6.07, 6.45) is 0. The molecule has 1 atom stereocenters. The van der Waals surface area contributed by atoms with Gasteiger partial charge in [0.2, 0.25) is 5.78 Å². The van der Waals surface area contributed by atoms with Gasteiger partial charge in [-0.15, -0.1) is 0 Å². The molecular formula is C30H27ClN2O4. The molecule has 1 aliphatic rings. The number of amides is 1. The Morgan fingerprint density at radius 3 is 2.30 bits per heavy atom. The third kappa shape index (κ3) is 4.38. The van der Waals surface area contributed by atoms with E-state index in [0.717, 1.165) is 11.3 Å². The van der Waals surface area contributed by atoms with Crippen LogP contribution < -0.4 is 9.80 Å². The Morgan fingerprint density at radius 2 is 1.68 bits per heavy atom. The first-order valence-corrected chi connectivity index (χ1v) is 12.4. The summed E-state index contributed by atoms with van der Waals surface area (Å²) in [6, 6.07) is 21.0. The predicted octanol–water partition coefficient (Wildman–Crippen LogP) is 7.06. The summed E-state index contributed by atoms with van der Waals surface area (Å²) >= 11 is 6.10. The molecule has 5 rings (SSSR count). The lowest BCUT2D eigenvalue weighted by atomic mass is 9.92. The second kappa shape index (κ2) is 9.45. The second-order valence-corrected chi connectivity index (χ2v) is 10.1. The summed E-state index contributed by atoms with van der Waals surface area (Å²) in [4.78, 5) is 30.7. The van der Waals surface area contributed by atoms with Crippen LogP contribution in [0.2, 0.25) is 5.02 Å². The zero-order valence-corrected chi connectivity index (χ0v) is 21.8. The van der Waals surface area contributed by atoms with E-state index in [1.165, 1.54) is 4.90 Å². The zero-order chi connectivity index (χ0) is 26.4. The molecule has 1 aliphatic heterocycles. The Kier molecular flexibility index (Phi) is 6.30. The minimum atomic E-state index is -0.830. The highest BCUT2D eigenvalue weighted by atomic mass is 35.5. The maximum absolute atomic E-state index is 13.8. The van der Waals surface area contributed by atoms with Crippen LogP contribution in [0.25, 0.3) is 11.0 Å². The molecule has 2 heterocycles. The number of carbonyl (C=O) groups is 2. The molecule has 0 saturated carbocycles. The summed E-state index contributed by atoms with van der Waals surface area (Å²) in [5, 5.41) is 12.2. The van der Waals surface area contributed by atoms with E-state index in [2.05, 4.69) is 13.8 Å². The Labute approximate surface area is 220 Å². The van der Waals surface area contributed by atoms with E-state index in [9.17, 15) is 14.7 Å². The minimum Gasteiger partial charge on any atom is -0.503 e. The maximum Gasteiger partial charge on any atom is 0.294 e. The summed E-state index contributed by atoms with van der Waals surface area (Å²) < 4.78 is 5.81. The summed E-state index contributed by atoms with van der Waals surface area (Å²) in [7, 11) is 3.86. The van der Waals surface area contributed by atoms with E-state index in [0.29, 0.717) is 33.2 Å². The highest BCUT2D eigenvalue weighted by molar-refractivity contribution is 6.31. The van der Waals surface area contributed by atoms with Crippen molar-refractivity contribution in [3.63, 3.8) is 0 Å². The lowest BCUT2D eigenvalue weighted by Gasteiger charge is -2.27. The highest BCUT2D eigenvalue weighted by Gasteiger charge is 2.45. The van der Waals surface area contributed by atoms with Gasteiger partial charge in [-0.25, -0.2) is 0 Å². The number of aliphatic hydroxyl groups excluding tert-OH is 1. The van der Waals surface area contributed by atoms with Crippen molar-refractivity contribution in [2.75, 3.05) is 23.9 Å². The quantitative estimate of drug-likeness (QED) is 0.279. The number of carbonyl (C=O) groups excluding carboxylic acids is 2. The molecule has 6 nitrogen and oxygen atoms in total. The fraction of sp³-hybridized carbons (Fsp3) is 0.200. The average Bonchev–Trinajstić information content (AvgIpc) is 3.42. The number of Topliss-reactive ketones (excluding diaryl/α,β-unsaturated/α-hetero) is 1. The second-order valence-electron chi connectivity index (χ2n) is 9.69. The summed E-state index contributed by atoms with van der Waals surface area (Å²) in [6.45, 7) is 4.20. The van der Waals surface area contributed by atoms with Crippen molar-refractivity contribution in [1.29, 1.82) is 0 Å². The van der Waals surface area contributed by atoms with E-state index in [1.807, 2.05) is 67.5 Å². The number of anilines is 2. The molecule has 0 aliphatic carbocycles. The number of ketones is 1. The number of rotatable bonds is 6. The molecule has 1 unspecified atom stereocenters. The normalized spacial score (nSPS) is 15.8. The number of nitrogens with zero attached hydrogens (tertiary/aromatic N) is 2. The molecule has 3 aromatic carbocycles. The topological polar surface area (TPSA) is 74.0 Å². The molecule has 0 bridgehead atoms. The molecular weight excluding hydrogens is 488 g/mol. The maximum atomic E-state index is 13.8. The molecule has 0 fully saturated rings. The van der Waals surface area contributed by atoms with Crippen LogP contribution in [0.4, 0.5) is 11.4 Å². The van der Waals surface area contributed by atoms with Crippen molar-refractivity contribution in [1.82, 2.24) is 0 Å². The van der Waals surface area contributed by atoms with Gasteiger partial charge in [-0.2, -0.15) is 0 Å². The first kappa shape index (κ1) is 24.7. The van der Waals surface area contributed by atoms with Gasteiger partial charge in [0.15, 0.2) is 11.5 Å². The van der Waals surface area contributed by atoms with Crippen LogP contribution in [-0.4, -0.2) is 30.9 Å². The number of aliphatic hydroxyl groups is 1. The standard InChI is InChI=1S/C30H27ClN2O4/c1-17(2)18-5-7-19(8-6-18)27-26(28(34)25-16-20-15-21(31)9-14-24(20)37-25)29(35)30(36)33(27)23-12-10-22(11-13-23)32(3)4/h5-17,27,35H,1-4H3. The third-order valence-corrected chi connectivity index (χ3v) is 6.95. The largest absolute Gasteiger partial charge is 0.503 e. The van der Waals surface area contributed by atoms with Crippen molar-refractivity contribution in [2.24, 2.45) is 0 Å². The Balaban J connectivity index is 1.63. The van der Waals surface area contributed by atoms with Gasteiger partial charge in [0.25, 0.3) is 5.91 Å². The highest BCUT2D eigenvalue weighted by Crippen LogP contribution is 2.43. The molecule has 1 aromatic heterocycles. The van der Waals surface area contributed by atoms with Crippen LogP contribution in [-0.2, 0) is 4.79 Å². The molecule has 4 aromatic rings. The van der Waals surface area contributed by atoms with Gasteiger partial charge in [0, 0.05) is 35.9 Å². The molecule has 1 N–H and O–H groups in total. The van der Waals surface area contributed by atoms with E-state index < -0.39 is 23.5 Å². The number of hydrogen-bond acceptors (Lipinski definition) is 5. The molecule has 188 valence electrons. The Bertz CT molecular complexity index is 1530. The summed E-state index contributed by atoms with van der Waals surface area (Å²) in [5.41, 5.74) is 3.84.